The molecule has 6 heteroatoms. The molecule has 17 heavy (non-hydrogen) atoms. The van der Waals surface area contributed by atoms with Gasteiger partial charge in [-0.05, 0) is 13.3 Å². The summed E-state index contributed by atoms with van der Waals surface area (Å²) in [6.07, 6.45) is 5.06. The molecule has 1 amide bonds. The van der Waals surface area contributed by atoms with E-state index in [1.165, 1.54) is 12.0 Å². The number of amides is 1. The van der Waals surface area contributed by atoms with E-state index in [9.17, 15) is 13.2 Å². The second-order valence-corrected chi connectivity index (χ2v) is 6.33. The van der Waals surface area contributed by atoms with Crippen LogP contribution < -0.4 is 0 Å². The highest BCUT2D eigenvalue weighted by Gasteiger charge is 2.35. The summed E-state index contributed by atoms with van der Waals surface area (Å²) in [6, 6.07) is -0.318. The number of nitrogens with zero attached hydrogens (tertiary/aromatic N) is 1. The zero-order chi connectivity index (χ0) is 13.1. The normalized spacial score (nSPS) is 23.9. The molecule has 1 rings (SSSR count). The van der Waals surface area contributed by atoms with E-state index >= 15 is 0 Å². The summed E-state index contributed by atoms with van der Waals surface area (Å²) in [5.41, 5.74) is 0. The Morgan fingerprint density at radius 1 is 1.65 bits per heavy atom. The van der Waals surface area contributed by atoms with Gasteiger partial charge in [-0.15, -0.1) is 6.42 Å². The Balaban J connectivity index is 2.81. The monoisotopic (exact) mass is 259 g/mol. The van der Waals surface area contributed by atoms with Crippen LogP contribution in [0.5, 0.6) is 0 Å². The number of carbonyl (C=O) groups excluding carboxylic acids is 1. The third-order valence-corrected chi connectivity index (χ3v) is 4.65. The van der Waals surface area contributed by atoms with E-state index in [-0.39, 0.29) is 30.0 Å². The first-order valence-corrected chi connectivity index (χ1v) is 7.20. The van der Waals surface area contributed by atoms with Gasteiger partial charge in [0.1, 0.15) is 6.10 Å². The van der Waals surface area contributed by atoms with Gasteiger partial charge in [0.2, 0.25) is 0 Å². The summed E-state index contributed by atoms with van der Waals surface area (Å²) in [5.74, 6) is 2.25. The summed E-state index contributed by atoms with van der Waals surface area (Å²) in [6.45, 7) is 1.74. The van der Waals surface area contributed by atoms with Crippen LogP contribution in [0, 0.1) is 12.3 Å². The Kier molecular flexibility index (Phi) is 4.54. The Morgan fingerprint density at radius 2 is 2.29 bits per heavy atom. The number of rotatable bonds is 4. The number of carbonyl (C=O) groups is 1. The van der Waals surface area contributed by atoms with Gasteiger partial charge in [-0.25, -0.2) is 8.42 Å². The number of hydrogen-bond acceptors (Lipinski definition) is 4. The van der Waals surface area contributed by atoms with Crippen molar-refractivity contribution >= 4 is 15.7 Å². The molecule has 1 saturated heterocycles. The number of ether oxygens (including phenoxy) is 1. The topological polar surface area (TPSA) is 63.7 Å². The first kappa shape index (κ1) is 14.0. The summed E-state index contributed by atoms with van der Waals surface area (Å²) in [5, 5.41) is 0. The molecule has 1 fully saturated rings. The number of methoxy groups -OCH3 is 1. The molecule has 0 aliphatic carbocycles. The number of sulfone groups is 1. The predicted molar refractivity (Wildman–Crippen MR) is 64.1 cm³/mol. The van der Waals surface area contributed by atoms with Gasteiger partial charge >= 0.3 is 0 Å². The summed E-state index contributed by atoms with van der Waals surface area (Å²) in [7, 11) is -1.60. The van der Waals surface area contributed by atoms with Crippen molar-refractivity contribution in [2.24, 2.45) is 0 Å². The van der Waals surface area contributed by atoms with Gasteiger partial charge in [0.25, 0.3) is 5.91 Å². The van der Waals surface area contributed by atoms with Crippen molar-refractivity contribution in [3.8, 4) is 12.3 Å². The fourth-order valence-electron chi connectivity index (χ4n) is 1.84. The lowest BCUT2D eigenvalue weighted by molar-refractivity contribution is -0.142. The van der Waals surface area contributed by atoms with Gasteiger partial charge < -0.3 is 9.64 Å². The second-order valence-electron chi connectivity index (χ2n) is 4.11. The highest BCUT2D eigenvalue weighted by Crippen LogP contribution is 2.18. The quantitative estimate of drug-likeness (QED) is 0.649. The fourth-order valence-corrected chi connectivity index (χ4v) is 3.57. The molecule has 1 aliphatic rings. The van der Waals surface area contributed by atoms with E-state index in [0.717, 1.165) is 0 Å². The molecule has 1 aliphatic heterocycles. The minimum atomic E-state index is -3.03. The summed E-state index contributed by atoms with van der Waals surface area (Å²) >= 11 is 0. The van der Waals surface area contributed by atoms with Crippen LogP contribution in [0.1, 0.15) is 13.3 Å². The SMILES string of the molecule is C#CCN(C(=O)C(C)OC)C1CCS(=O)(=O)C1. The zero-order valence-electron chi connectivity index (χ0n) is 10.0. The maximum atomic E-state index is 12.0. The lowest BCUT2D eigenvalue weighted by Crippen LogP contribution is -2.46. The molecule has 96 valence electrons. The fraction of sp³-hybridized carbons (Fsp3) is 0.727. The Hall–Kier alpha value is -1.06. The van der Waals surface area contributed by atoms with Gasteiger partial charge in [0.15, 0.2) is 9.84 Å². The zero-order valence-corrected chi connectivity index (χ0v) is 10.9. The molecule has 1 heterocycles. The first-order valence-electron chi connectivity index (χ1n) is 5.38. The lowest BCUT2D eigenvalue weighted by atomic mass is 10.2. The summed E-state index contributed by atoms with van der Waals surface area (Å²) in [4.78, 5) is 13.4. The molecule has 5 nitrogen and oxygen atoms in total. The molecule has 2 unspecified atom stereocenters. The number of terminal acetylenes is 1. The van der Waals surface area contributed by atoms with Crippen molar-refractivity contribution in [2.45, 2.75) is 25.5 Å². The van der Waals surface area contributed by atoms with Gasteiger partial charge in [0.05, 0.1) is 18.1 Å². The van der Waals surface area contributed by atoms with Crippen LogP contribution in [0.25, 0.3) is 0 Å². The molecule has 0 spiro atoms. The van der Waals surface area contributed by atoms with E-state index in [4.69, 9.17) is 11.2 Å². The van der Waals surface area contributed by atoms with Crippen LogP contribution in [0.3, 0.4) is 0 Å². The second kappa shape index (κ2) is 5.52. The average molecular weight is 259 g/mol. The van der Waals surface area contributed by atoms with Crippen molar-refractivity contribution in [3.63, 3.8) is 0 Å². The third-order valence-electron chi connectivity index (χ3n) is 2.90. The lowest BCUT2D eigenvalue weighted by Gasteiger charge is -2.28. The van der Waals surface area contributed by atoms with Crippen LogP contribution in [-0.2, 0) is 19.4 Å². The van der Waals surface area contributed by atoms with Gasteiger partial charge in [-0.2, -0.15) is 0 Å². The van der Waals surface area contributed by atoms with Crippen molar-refractivity contribution < 1.29 is 17.9 Å². The predicted octanol–water partition coefficient (Wildman–Crippen LogP) is -0.330. The van der Waals surface area contributed by atoms with Gasteiger partial charge in [0, 0.05) is 13.2 Å². The van der Waals surface area contributed by atoms with E-state index in [0.29, 0.717) is 6.42 Å². The molecular weight excluding hydrogens is 242 g/mol. The molecule has 0 radical (unpaired) electrons. The molecule has 2 atom stereocenters. The van der Waals surface area contributed by atoms with Crippen molar-refractivity contribution in [1.82, 2.24) is 4.90 Å². The highest BCUT2D eigenvalue weighted by molar-refractivity contribution is 7.91. The maximum Gasteiger partial charge on any atom is 0.252 e. The van der Waals surface area contributed by atoms with Crippen LogP contribution in [0.4, 0.5) is 0 Å². The highest BCUT2D eigenvalue weighted by atomic mass is 32.2. The van der Waals surface area contributed by atoms with Gasteiger partial charge in [-0.1, -0.05) is 5.92 Å². The summed E-state index contributed by atoms with van der Waals surface area (Å²) < 4.78 is 27.7. The first-order chi connectivity index (χ1) is 7.91. The molecule has 0 aromatic rings. The van der Waals surface area contributed by atoms with Crippen molar-refractivity contribution in [3.05, 3.63) is 0 Å². The van der Waals surface area contributed by atoms with Crippen LogP contribution >= 0.6 is 0 Å². The van der Waals surface area contributed by atoms with Crippen LogP contribution in [0.15, 0.2) is 0 Å². The molecule has 0 aromatic heterocycles. The smallest absolute Gasteiger partial charge is 0.252 e. The average Bonchev–Trinajstić information content (AvgIpc) is 2.64. The van der Waals surface area contributed by atoms with Crippen molar-refractivity contribution in [2.75, 3.05) is 25.2 Å². The van der Waals surface area contributed by atoms with Gasteiger partial charge in [-0.3, -0.25) is 4.79 Å². The largest absolute Gasteiger partial charge is 0.372 e. The van der Waals surface area contributed by atoms with E-state index in [1.54, 1.807) is 6.92 Å². The van der Waals surface area contributed by atoms with E-state index < -0.39 is 15.9 Å². The Bertz CT molecular complexity index is 423. The molecular formula is C11H17NO4S. The molecule has 0 bridgehead atoms. The maximum absolute atomic E-state index is 12.0. The minimum Gasteiger partial charge on any atom is -0.372 e. The van der Waals surface area contributed by atoms with Crippen LogP contribution in [-0.4, -0.2) is 56.5 Å². The Morgan fingerprint density at radius 3 is 2.71 bits per heavy atom. The van der Waals surface area contributed by atoms with E-state index in [1.807, 2.05) is 0 Å². The Labute approximate surface area is 102 Å². The van der Waals surface area contributed by atoms with E-state index in [2.05, 4.69) is 5.92 Å². The molecule has 0 aromatic carbocycles. The standard InChI is InChI=1S/C11H17NO4S/c1-4-6-12(11(13)9(2)16-3)10-5-7-17(14,15)8-10/h1,9-10H,5-8H2,2-3H3. The van der Waals surface area contributed by atoms with Crippen LogP contribution in [0.2, 0.25) is 0 Å². The molecule has 0 N–H and O–H groups in total. The van der Waals surface area contributed by atoms with Crippen molar-refractivity contribution in [1.29, 1.82) is 0 Å². The third kappa shape index (κ3) is 3.45. The number of hydrogen-bond donors (Lipinski definition) is 0. The minimum absolute atomic E-state index is 0.00312. The molecule has 0 saturated carbocycles.